The second-order valence-corrected chi connectivity index (χ2v) is 5.59. The van der Waals surface area contributed by atoms with E-state index in [-0.39, 0.29) is 17.5 Å². The van der Waals surface area contributed by atoms with Crippen LogP contribution in [0, 0.1) is 22.0 Å². The van der Waals surface area contributed by atoms with Gasteiger partial charge in [0.1, 0.15) is 0 Å². The van der Waals surface area contributed by atoms with Gasteiger partial charge in [0.15, 0.2) is 5.75 Å². The van der Waals surface area contributed by atoms with Gasteiger partial charge in [0.2, 0.25) is 0 Å². The lowest BCUT2D eigenvalue weighted by atomic mass is 10.00. The highest BCUT2D eigenvalue weighted by atomic mass is 16.6. The first kappa shape index (κ1) is 13.2. The van der Waals surface area contributed by atoms with Crippen LogP contribution in [0.3, 0.4) is 0 Å². The SMILES string of the molecule is COc1cc(N2CC3CCC(O)C3C2)ccc1[N+](=O)[O-]. The average Bonchev–Trinajstić information content (AvgIpc) is 3.00. The lowest BCUT2D eigenvalue weighted by Gasteiger charge is -2.21. The summed E-state index contributed by atoms with van der Waals surface area (Å²) in [5.74, 6) is 1.15. The Morgan fingerprint density at radius 2 is 2.20 bits per heavy atom. The molecule has 3 rings (SSSR count). The van der Waals surface area contributed by atoms with Crippen LogP contribution >= 0.6 is 0 Å². The van der Waals surface area contributed by atoms with Crippen molar-refractivity contribution in [1.82, 2.24) is 0 Å². The highest BCUT2D eigenvalue weighted by molar-refractivity contribution is 5.59. The molecule has 1 aliphatic heterocycles. The Balaban J connectivity index is 1.83. The van der Waals surface area contributed by atoms with Crippen molar-refractivity contribution in [3.05, 3.63) is 28.3 Å². The highest BCUT2D eigenvalue weighted by Gasteiger charge is 2.42. The van der Waals surface area contributed by atoms with Crippen molar-refractivity contribution < 1.29 is 14.8 Å². The first-order valence-corrected chi connectivity index (χ1v) is 6.85. The molecule has 0 amide bonds. The monoisotopic (exact) mass is 278 g/mol. The maximum Gasteiger partial charge on any atom is 0.311 e. The third kappa shape index (κ3) is 2.10. The Morgan fingerprint density at radius 1 is 1.40 bits per heavy atom. The van der Waals surface area contributed by atoms with Crippen LogP contribution in [-0.2, 0) is 0 Å². The number of methoxy groups -OCH3 is 1. The molecule has 0 bridgehead atoms. The molecule has 6 heteroatoms. The summed E-state index contributed by atoms with van der Waals surface area (Å²) in [4.78, 5) is 12.6. The maximum absolute atomic E-state index is 10.9. The summed E-state index contributed by atoms with van der Waals surface area (Å²) in [6.45, 7) is 1.72. The molecule has 108 valence electrons. The Morgan fingerprint density at radius 3 is 2.85 bits per heavy atom. The number of hydrogen-bond donors (Lipinski definition) is 1. The molecule has 0 radical (unpaired) electrons. The fraction of sp³-hybridized carbons (Fsp3) is 0.571. The van der Waals surface area contributed by atoms with Gasteiger partial charge < -0.3 is 14.7 Å². The minimum absolute atomic E-state index is 0.0179. The molecule has 3 atom stereocenters. The van der Waals surface area contributed by atoms with Crippen LogP contribution in [0.25, 0.3) is 0 Å². The van der Waals surface area contributed by atoms with Crippen LogP contribution in [-0.4, -0.2) is 36.3 Å². The van der Waals surface area contributed by atoms with Gasteiger partial charge in [-0.25, -0.2) is 0 Å². The van der Waals surface area contributed by atoms with E-state index >= 15 is 0 Å². The predicted molar refractivity (Wildman–Crippen MR) is 74.1 cm³/mol. The molecule has 2 aliphatic rings. The molecule has 1 aromatic carbocycles. The smallest absolute Gasteiger partial charge is 0.311 e. The number of fused-ring (bicyclic) bond motifs is 1. The molecule has 3 unspecified atom stereocenters. The van der Waals surface area contributed by atoms with E-state index in [1.165, 1.54) is 13.2 Å². The Bertz CT molecular complexity index is 534. The minimum Gasteiger partial charge on any atom is -0.490 e. The zero-order valence-corrected chi connectivity index (χ0v) is 11.4. The molecule has 1 aromatic rings. The number of rotatable bonds is 3. The third-order valence-corrected chi connectivity index (χ3v) is 4.54. The largest absolute Gasteiger partial charge is 0.490 e. The molecular formula is C14H18N2O4. The van der Waals surface area contributed by atoms with Gasteiger partial charge in [-0.1, -0.05) is 0 Å². The van der Waals surface area contributed by atoms with Crippen molar-refractivity contribution >= 4 is 11.4 Å². The zero-order chi connectivity index (χ0) is 14.3. The van der Waals surface area contributed by atoms with E-state index in [9.17, 15) is 15.2 Å². The van der Waals surface area contributed by atoms with Crippen LogP contribution in [0.4, 0.5) is 11.4 Å². The van der Waals surface area contributed by atoms with Crippen molar-refractivity contribution in [1.29, 1.82) is 0 Å². The number of aliphatic hydroxyl groups is 1. The van der Waals surface area contributed by atoms with E-state index in [0.717, 1.165) is 31.6 Å². The minimum atomic E-state index is -0.439. The number of hydrogen-bond acceptors (Lipinski definition) is 5. The lowest BCUT2D eigenvalue weighted by molar-refractivity contribution is -0.385. The van der Waals surface area contributed by atoms with E-state index in [0.29, 0.717) is 11.8 Å². The van der Waals surface area contributed by atoms with Crippen LogP contribution in [0.5, 0.6) is 5.75 Å². The first-order valence-electron chi connectivity index (χ1n) is 6.85. The molecule has 20 heavy (non-hydrogen) atoms. The summed E-state index contributed by atoms with van der Waals surface area (Å²) in [7, 11) is 1.44. The fourth-order valence-electron chi connectivity index (χ4n) is 3.46. The standard InChI is InChI=1S/C14H18N2O4/c1-20-14-6-10(3-4-12(14)16(18)19)15-7-9-2-5-13(17)11(9)8-15/h3-4,6,9,11,13,17H,2,5,7-8H2,1H3. The second kappa shape index (κ2) is 4.94. The second-order valence-electron chi connectivity index (χ2n) is 5.59. The Hall–Kier alpha value is -1.82. The molecule has 2 fully saturated rings. The van der Waals surface area contributed by atoms with E-state index < -0.39 is 4.92 Å². The maximum atomic E-state index is 10.9. The van der Waals surface area contributed by atoms with E-state index in [1.807, 2.05) is 0 Å². The van der Waals surface area contributed by atoms with Gasteiger partial charge in [0, 0.05) is 36.8 Å². The van der Waals surface area contributed by atoms with Gasteiger partial charge in [0.05, 0.1) is 18.1 Å². The molecule has 1 saturated carbocycles. The number of anilines is 1. The van der Waals surface area contributed by atoms with E-state index in [4.69, 9.17) is 4.74 Å². The van der Waals surface area contributed by atoms with Crippen LogP contribution in [0.1, 0.15) is 12.8 Å². The summed E-state index contributed by atoms with van der Waals surface area (Å²) in [6, 6.07) is 4.96. The van der Waals surface area contributed by atoms with Crippen LogP contribution < -0.4 is 9.64 Å². The normalized spacial score (nSPS) is 28.5. The summed E-state index contributed by atoms with van der Waals surface area (Å²) in [5, 5.41) is 20.8. The van der Waals surface area contributed by atoms with Crippen molar-refractivity contribution in [3.8, 4) is 5.75 Å². The number of nitro benzene ring substituents is 1. The molecule has 1 heterocycles. The summed E-state index contributed by atoms with van der Waals surface area (Å²) in [6.07, 6.45) is 1.75. The van der Waals surface area contributed by atoms with Gasteiger partial charge in [0.25, 0.3) is 0 Å². The van der Waals surface area contributed by atoms with Crippen molar-refractivity contribution in [2.75, 3.05) is 25.1 Å². The quantitative estimate of drug-likeness (QED) is 0.674. The van der Waals surface area contributed by atoms with Crippen LogP contribution in [0.15, 0.2) is 18.2 Å². The number of benzene rings is 1. The molecule has 6 nitrogen and oxygen atoms in total. The fourth-order valence-corrected chi connectivity index (χ4v) is 3.46. The zero-order valence-electron chi connectivity index (χ0n) is 11.4. The molecule has 0 spiro atoms. The molecule has 1 saturated heterocycles. The topological polar surface area (TPSA) is 75.8 Å². The predicted octanol–water partition coefficient (Wildman–Crippen LogP) is 1.81. The van der Waals surface area contributed by atoms with Crippen molar-refractivity contribution in [2.45, 2.75) is 18.9 Å². The van der Waals surface area contributed by atoms with Crippen molar-refractivity contribution in [3.63, 3.8) is 0 Å². The van der Waals surface area contributed by atoms with Gasteiger partial charge in [-0.3, -0.25) is 10.1 Å². The Labute approximate surface area is 117 Å². The van der Waals surface area contributed by atoms with Crippen LogP contribution in [0.2, 0.25) is 0 Å². The highest BCUT2D eigenvalue weighted by Crippen LogP contribution is 2.41. The van der Waals surface area contributed by atoms with Gasteiger partial charge in [-0.05, 0) is 24.8 Å². The molecular weight excluding hydrogens is 260 g/mol. The average molecular weight is 278 g/mol. The van der Waals surface area contributed by atoms with E-state index in [1.54, 1.807) is 12.1 Å². The number of nitro groups is 1. The van der Waals surface area contributed by atoms with Gasteiger partial charge in [-0.2, -0.15) is 0 Å². The lowest BCUT2D eigenvalue weighted by Crippen LogP contribution is -2.24. The first-order chi connectivity index (χ1) is 9.60. The molecule has 1 aliphatic carbocycles. The van der Waals surface area contributed by atoms with Gasteiger partial charge in [-0.15, -0.1) is 0 Å². The molecule has 1 N–H and O–H groups in total. The summed E-state index contributed by atoms with van der Waals surface area (Å²) >= 11 is 0. The van der Waals surface area contributed by atoms with Gasteiger partial charge >= 0.3 is 5.69 Å². The van der Waals surface area contributed by atoms with E-state index in [2.05, 4.69) is 4.90 Å². The number of ether oxygens (including phenoxy) is 1. The summed E-state index contributed by atoms with van der Waals surface area (Å²) < 4.78 is 5.10. The third-order valence-electron chi connectivity index (χ3n) is 4.54. The number of aliphatic hydroxyl groups excluding tert-OH is 1. The molecule has 0 aromatic heterocycles. The number of nitrogens with zero attached hydrogens (tertiary/aromatic N) is 2. The van der Waals surface area contributed by atoms with Crippen molar-refractivity contribution in [2.24, 2.45) is 11.8 Å². The Kier molecular flexibility index (Phi) is 3.25. The summed E-state index contributed by atoms with van der Waals surface area (Å²) in [5.41, 5.74) is 0.907.